The van der Waals surface area contributed by atoms with Crippen molar-refractivity contribution < 1.29 is 28.2 Å². The molecular formula is C33H53ClO6SSi. The summed E-state index contributed by atoms with van der Waals surface area (Å²) >= 11 is 8.43. The van der Waals surface area contributed by atoms with Crippen molar-refractivity contribution in [3.63, 3.8) is 0 Å². The van der Waals surface area contributed by atoms with Crippen molar-refractivity contribution in [2.45, 2.75) is 134 Å². The van der Waals surface area contributed by atoms with E-state index in [0.29, 0.717) is 11.3 Å². The van der Waals surface area contributed by atoms with Gasteiger partial charge in [-0.1, -0.05) is 26.8 Å². The molecule has 1 aliphatic carbocycles. The van der Waals surface area contributed by atoms with Gasteiger partial charge in [0.05, 0.1) is 13.2 Å². The summed E-state index contributed by atoms with van der Waals surface area (Å²) in [4.78, 5) is 26.6. The van der Waals surface area contributed by atoms with E-state index in [1.54, 1.807) is 6.08 Å². The van der Waals surface area contributed by atoms with E-state index < -0.39 is 8.32 Å². The molecule has 1 aromatic rings. The van der Waals surface area contributed by atoms with Crippen LogP contribution in [-0.4, -0.2) is 57.7 Å². The standard InChI is InChI=1S/C33H53ClO6SSi/c1-23(40-42(6,7)33(2,3)4)12-10-13-24(35)17-19-27-26(15-11-14-25-18-20-30(41-25)32(36)37-5)28(34)22-29(27)39-31-16-8-9-21-38-31/h17-20,23,26-29,31H,8-16,21-22H2,1-7H3/t23-,26+,27-,28-,29+,31?/m0/s1. The Morgan fingerprint density at radius 2 is 1.98 bits per heavy atom. The number of thiophene rings is 1. The van der Waals surface area contributed by atoms with E-state index in [9.17, 15) is 9.59 Å². The van der Waals surface area contributed by atoms with Crippen molar-refractivity contribution >= 4 is 43.0 Å². The minimum Gasteiger partial charge on any atom is -0.465 e. The van der Waals surface area contributed by atoms with Crippen molar-refractivity contribution in [1.82, 2.24) is 0 Å². The summed E-state index contributed by atoms with van der Waals surface area (Å²) in [5, 5.41) is 0.153. The third-order valence-corrected chi connectivity index (χ3v) is 15.4. The normalized spacial score (nSPS) is 26.0. The van der Waals surface area contributed by atoms with Crippen molar-refractivity contribution in [3.8, 4) is 0 Å². The number of carbonyl (C=O) groups is 2. The molecule has 1 aromatic heterocycles. The number of aryl methyl sites for hydroxylation is 1. The van der Waals surface area contributed by atoms with Crippen molar-refractivity contribution in [2.24, 2.45) is 11.8 Å². The molecule has 1 unspecified atom stereocenters. The van der Waals surface area contributed by atoms with Gasteiger partial charge in [-0.05, 0) is 107 Å². The quantitative estimate of drug-likeness (QED) is 0.0826. The number of rotatable bonds is 15. The molecule has 1 saturated carbocycles. The molecule has 1 saturated heterocycles. The van der Waals surface area contributed by atoms with Crippen LogP contribution < -0.4 is 0 Å². The lowest BCUT2D eigenvalue weighted by Gasteiger charge is -2.38. The van der Waals surface area contributed by atoms with E-state index in [0.717, 1.165) is 69.3 Å². The van der Waals surface area contributed by atoms with Gasteiger partial charge in [0, 0.05) is 35.3 Å². The Kier molecular flexibility index (Phi) is 13.8. The molecule has 2 fully saturated rings. The maximum absolute atomic E-state index is 12.9. The maximum Gasteiger partial charge on any atom is 0.348 e. The summed E-state index contributed by atoms with van der Waals surface area (Å²) in [7, 11) is -0.408. The van der Waals surface area contributed by atoms with Crippen molar-refractivity contribution in [1.29, 1.82) is 0 Å². The topological polar surface area (TPSA) is 71.1 Å². The average molecular weight is 641 g/mol. The Balaban J connectivity index is 1.57. The van der Waals surface area contributed by atoms with E-state index in [1.807, 2.05) is 12.1 Å². The fraction of sp³-hybridized carbons (Fsp3) is 0.758. The summed E-state index contributed by atoms with van der Waals surface area (Å²) in [6.07, 6.45) is 12.5. The molecular weight excluding hydrogens is 588 g/mol. The third kappa shape index (κ3) is 10.6. The number of halogens is 1. The van der Waals surface area contributed by atoms with Gasteiger partial charge in [-0.15, -0.1) is 22.9 Å². The van der Waals surface area contributed by atoms with Gasteiger partial charge in [0.25, 0.3) is 0 Å². The minimum absolute atomic E-state index is 0.0226. The highest BCUT2D eigenvalue weighted by molar-refractivity contribution is 7.13. The average Bonchev–Trinajstić information content (AvgIpc) is 3.51. The van der Waals surface area contributed by atoms with Gasteiger partial charge in [0.2, 0.25) is 0 Å². The van der Waals surface area contributed by atoms with Crippen molar-refractivity contribution in [3.05, 3.63) is 34.0 Å². The number of ether oxygens (including phenoxy) is 3. The highest BCUT2D eigenvalue weighted by atomic mass is 35.5. The van der Waals surface area contributed by atoms with Gasteiger partial charge in [0.15, 0.2) is 20.4 Å². The lowest BCUT2D eigenvalue weighted by molar-refractivity contribution is -0.192. The second-order valence-corrected chi connectivity index (χ2v) is 20.0. The number of methoxy groups -OCH3 is 1. The zero-order valence-corrected chi connectivity index (χ0v) is 29.4. The molecule has 42 heavy (non-hydrogen) atoms. The number of ketones is 1. The van der Waals surface area contributed by atoms with Crippen LogP contribution in [0.3, 0.4) is 0 Å². The van der Waals surface area contributed by atoms with Crippen LogP contribution in [0.1, 0.15) is 100 Å². The predicted molar refractivity (Wildman–Crippen MR) is 174 cm³/mol. The number of hydrogen-bond donors (Lipinski definition) is 0. The van der Waals surface area contributed by atoms with Gasteiger partial charge >= 0.3 is 5.97 Å². The molecule has 6 nitrogen and oxygen atoms in total. The van der Waals surface area contributed by atoms with E-state index in [-0.39, 0.29) is 52.5 Å². The number of esters is 1. The fourth-order valence-corrected chi connectivity index (χ4v) is 8.62. The Bertz CT molecular complexity index is 1030. The lowest BCUT2D eigenvalue weighted by Crippen LogP contribution is -2.43. The summed E-state index contributed by atoms with van der Waals surface area (Å²) < 4.78 is 23.7. The van der Waals surface area contributed by atoms with E-state index in [1.165, 1.54) is 18.4 Å². The minimum atomic E-state index is -1.81. The van der Waals surface area contributed by atoms with E-state index in [2.05, 4.69) is 46.9 Å². The first-order valence-corrected chi connectivity index (χ1v) is 19.9. The van der Waals surface area contributed by atoms with Crippen LogP contribution in [0.4, 0.5) is 0 Å². The third-order valence-electron chi connectivity index (χ3n) is 9.16. The highest BCUT2D eigenvalue weighted by Crippen LogP contribution is 2.43. The zero-order chi connectivity index (χ0) is 30.9. The molecule has 1 aliphatic heterocycles. The van der Waals surface area contributed by atoms with Crippen LogP contribution in [0.25, 0.3) is 0 Å². The van der Waals surface area contributed by atoms with Gasteiger partial charge < -0.3 is 18.6 Å². The molecule has 0 spiro atoms. The van der Waals surface area contributed by atoms with Crippen molar-refractivity contribution in [2.75, 3.05) is 13.7 Å². The molecule has 238 valence electrons. The molecule has 0 bridgehead atoms. The molecule has 2 heterocycles. The van der Waals surface area contributed by atoms with E-state index >= 15 is 0 Å². The summed E-state index contributed by atoms with van der Waals surface area (Å²) in [5.74, 6) is 0.132. The summed E-state index contributed by atoms with van der Waals surface area (Å²) in [6, 6.07) is 3.83. The summed E-state index contributed by atoms with van der Waals surface area (Å²) in [5.41, 5.74) is 0. The first-order chi connectivity index (χ1) is 19.8. The summed E-state index contributed by atoms with van der Waals surface area (Å²) in [6.45, 7) is 14.2. The molecule has 0 aromatic carbocycles. The molecule has 0 radical (unpaired) electrons. The fourth-order valence-electron chi connectivity index (χ4n) is 5.71. The highest BCUT2D eigenvalue weighted by Gasteiger charge is 2.43. The molecule has 0 amide bonds. The number of hydrogen-bond acceptors (Lipinski definition) is 7. The monoisotopic (exact) mass is 640 g/mol. The second-order valence-electron chi connectivity index (χ2n) is 13.5. The van der Waals surface area contributed by atoms with Gasteiger partial charge in [-0.25, -0.2) is 4.79 Å². The first-order valence-electron chi connectivity index (χ1n) is 15.8. The van der Waals surface area contributed by atoms with Gasteiger partial charge in [0.1, 0.15) is 4.88 Å². The largest absolute Gasteiger partial charge is 0.465 e. The van der Waals surface area contributed by atoms with Gasteiger partial charge in [-0.3, -0.25) is 4.79 Å². The number of alkyl halides is 1. The van der Waals surface area contributed by atoms with Crippen LogP contribution in [0.5, 0.6) is 0 Å². The number of carbonyl (C=O) groups excluding carboxylic acids is 2. The van der Waals surface area contributed by atoms with Crippen LogP contribution in [0.2, 0.25) is 18.1 Å². The Hall–Kier alpha value is -1.03. The zero-order valence-electron chi connectivity index (χ0n) is 26.8. The van der Waals surface area contributed by atoms with Crippen LogP contribution in [0.15, 0.2) is 24.3 Å². The Labute approximate surface area is 264 Å². The molecule has 0 N–H and O–H groups in total. The number of allylic oxidation sites excluding steroid dienone is 1. The Morgan fingerprint density at radius 3 is 2.64 bits per heavy atom. The van der Waals surface area contributed by atoms with Crippen LogP contribution in [0, 0.1) is 11.8 Å². The predicted octanol–water partition coefficient (Wildman–Crippen LogP) is 8.72. The molecule has 6 atom stereocenters. The van der Waals surface area contributed by atoms with Crippen LogP contribution in [-0.2, 0) is 29.9 Å². The SMILES string of the molecule is COC(=O)c1ccc(CCC[C@@H]2[C@H](C=CC(=O)CCC[C@H](C)O[Si](C)(C)C(C)(C)C)[C@H](OC3CCCCO3)C[C@@H]2Cl)s1. The van der Waals surface area contributed by atoms with Crippen LogP contribution >= 0.6 is 22.9 Å². The van der Waals surface area contributed by atoms with Gasteiger partial charge in [-0.2, -0.15) is 0 Å². The van der Waals surface area contributed by atoms with E-state index in [4.69, 9.17) is 30.2 Å². The molecule has 2 aliphatic rings. The second kappa shape index (κ2) is 16.3. The molecule has 3 rings (SSSR count). The lowest BCUT2D eigenvalue weighted by atomic mass is 9.89. The Morgan fingerprint density at radius 1 is 1.21 bits per heavy atom. The maximum atomic E-state index is 12.9. The molecule has 9 heteroatoms. The smallest absolute Gasteiger partial charge is 0.348 e. The first kappa shape index (κ1) is 35.4.